The Morgan fingerprint density at radius 2 is 0.810 bits per heavy atom. The fourth-order valence-electron chi connectivity index (χ4n) is 12.9. The van der Waals surface area contributed by atoms with Crippen LogP contribution in [-0.2, 0) is 58.9 Å². The molecule has 2 saturated heterocycles. The monoisotopic (exact) mass is 1450 g/mol. The van der Waals surface area contributed by atoms with Gasteiger partial charge in [-0.05, 0) is 147 Å². The maximum atomic E-state index is 14.4. The van der Waals surface area contributed by atoms with E-state index < -0.39 is 78.3 Å². The van der Waals surface area contributed by atoms with Crippen molar-refractivity contribution in [1.82, 2.24) is 24.9 Å². The zero-order valence-electron chi connectivity index (χ0n) is 63.0. The van der Waals surface area contributed by atoms with Crippen molar-refractivity contribution in [2.75, 3.05) is 85.1 Å². The summed E-state index contributed by atoms with van der Waals surface area (Å²) in [4.78, 5) is 118. The topological polar surface area (TPSA) is 235 Å². The summed E-state index contributed by atoms with van der Waals surface area (Å²) in [5.41, 5.74) is 0.622. The number of alkyl carbamates (subject to hydrolysis) is 1. The summed E-state index contributed by atoms with van der Waals surface area (Å²) in [7, 11) is 0. The second-order valence-corrected chi connectivity index (χ2v) is 29.4. The van der Waals surface area contributed by atoms with Gasteiger partial charge in [0.25, 0.3) is 0 Å². The van der Waals surface area contributed by atoms with Crippen LogP contribution >= 0.6 is 0 Å². The number of carbonyl (C=O) groups excluding carboxylic acids is 8. The Morgan fingerprint density at radius 3 is 1.31 bits per heavy atom. The first-order valence-electron chi connectivity index (χ1n) is 38.1. The van der Waals surface area contributed by atoms with Gasteiger partial charge in [0.2, 0.25) is 5.91 Å². The molecule has 2 heterocycles. The molecule has 21 heteroatoms. The van der Waals surface area contributed by atoms with Crippen LogP contribution in [0.4, 0.5) is 4.79 Å². The molecule has 2 aliphatic heterocycles. The van der Waals surface area contributed by atoms with Crippen molar-refractivity contribution in [3.8, 4) is 0 Å². The van der Waals surface area contributed by atoms with E-state index in [1.807, 2.05) is 76.8 Å². The Balaban J connectivity index is 0.950. The molecule has 5 aromatic rings. The van der Waals surface area contributed by atoms with Gasteiger partial charge in [-0.1, -0.05) is 180 Å². The average molecular weight is 1450 g/mol. The van der Waals surface area contributed by atoms with E-state index in [-0.39, 0.29) is 59.8 Å². The number of carbonyl (C=O) groups is 8. The predicted octanol–water partition coefficient (Wildman–Crippen LogP) is 14.1. The van der Waals surface area contributed by atoms with E-state index in [4.69, 9.17) is 37.9 Å². The van der Waals surface area contributed by atoms with Crippen LogP contribution in [-0.4, -0.2) is 194 Å². The molecule has 0 bridgehead atoms. The van der Waals surface area contributed by atoms with Crippen molar-refractivity contribution in [3.05, 3.63) is 179 Å². The van der Waals surface area contributed by atoms with Gasteiger partial charge in [0, 0.05) is 58.8 Å². The highest BCUT2D eigenvalue weighted by atomic mass is 16.7. The summed E-state index contributed by atoms with van der Waals surface area (Å²) in [6.07, 6.45) is 9.70. The van der Waals surface area contributed by atoms with Gasteiger partial charge in [-0.2, -0.15) is 0 Å². The lowest BCUT2D eigenvalue weighted by Gasteiger charge is -2.45. The van der Waals surface area contributed by atoms with Gasteiger partial charge in [-0.25, -0.2) is 24.0 Å². The SMILES string of the molecule is CC(C)(C)OC(=O)CN1CCCN(CC(=O)OC(C)(C)C)CCN(C(=O)CCCCCCCCC[C@H]2O[C@@H](COC(=O)c3ccccc3)[C@H](OC(=O)c3ccccc3)[C@@H](OC(=O)c3ccccc3)[C@@H]2OC(=O)c2ccccc2)CCCN(CCCCCCCCCCNC(=O)OCc2ccccc2)CC1. The Labute approximate surface area is 622 Å². The van der Waals surface area contributed by atoms with Crippen LogP contribution in [0.25, 0.3) is 0 Å². The quantitative estimate of drug-likeness (QED) is 0.0223. The van der Waals surface area contributed by atoms with Crippen LogP contribution in [0.15, 0.2) is 152 Å². The number of esters is 6. The lowest BCUT2D eigenvalue weighted by Crippen LogP contribution is -2.62. The van der Waals surface area contributed by atoms with Gasteiger partial charge < -0.3 is 53.0 Å². The molecule has 0 saturated carbocycles. The highest BCUT2D eigenvalue weighted by Crippen LogP contribution is 2.34. The number of hydrogen-bond donors (Lipinski definition) is 1. The first-order chi connectivity index (χ1) is 50.7. The normalized spacial score (nSPS) is 18.2. The first-order valence-corrected chi connectivity index (χ1v) is 38.1. The van der Waals surface area contributed by atoms with Crippen molar-refractivity contribution in [2.45, 2.75) is 212 Å². The van der Waals surface area contributed by atoms with E-state index in [0.717, 1.165) is 115 Å². The molecule has 0 radical (unpaired) electrons. The molecule has 2 amide bonds. The molecule has 2 fully saturated rings. The molecule has 7 rings (SSSR count). The fraction of sp³-hybridized carbons (Fsp3) is 0.548. The van der Waals surface area contributed by atoms with Gasteiger partial charge in [-0.3, -0.25) is 24.2 Å². The lowest BCUT2D eigenvalue weighted by molar-refractivity contribution is -0.230. The number of benzene rings is 5. The van der Waals surface area contributed by atoms with Crippen LogP contribution in [0.1, 0.15) is 211 Å². The molecule has 21 nitrogen and oxygen atoms in total. The second-order valence-electron chi connectivity index (χ2n) is 29.4. The van der Waals surface area contributed by atoms with Gasteiger partial charge in [0.15, 0.2) is 18.3 Å². The average Bonchev–Trinajstić information content (AvgIpc) is 0.776. The number of ether oxygens (including phenoxy) is 8. The van der Waals surface area contributed by atoms with Crippen LogP contribution in [0.2, 0.25) is 0 Å². The van der Waals surface area contributed by atoms with E-state index in [2.05, 4.69) is 20.0 Å². The predicted molar refractivity (Wildman–Crippen MR) is 402 cm³/mol. The first kappa shape index (κ1) is 83.8. The summed E-state index contributed by atoms with van der Waals surface area (Å²) < 4.78 is 48.5. The van der Waals surface area contributed by atoms with Crippen molar-refractivity contribution in [2.24, 2.45) is 0 Å². The van der Waals surface area contributed by atoms with E-state index in [1.54, 1.807) is 121 Å². The fourth-order valence-corrected chi connectivity index (χ4v) is 12.9. The minimum Gasteiger partial charge on any atom is -0.459 e. The molecule has 572 valence electrons. The Bertz CT molecular complexity index is 3370. The number of amides is 2. The van der Waals surface area contributed by atoms with E-state index in [9.17, 15) is 38.4 Å². The number of unbranched alkanes of at least 4 members (excludes halogenated alkanes) is 13. The molecule has 0 unspecified atom stereocenters. The number of hydrogen-bond acceptors (Lipinski definition) is 19. The van der Waals surface area contributed by atoms with Crippen molar-refractivity contribution in [3.63, 3.8) is 0 Å². The second kappa shape index (κ2) is 45.8. The minimum absolute atomic E-state index is 0.0742. The van der Waals surface area contributed by atoms with E-state index >= 15 is 0 Å². The molecule has 1 N–H and O–H groups in total. The van der Waals surface area contributed by atoms with E-state index in [0.29, 0.717) is 77.9 Å². The third kappa shape index (κ3) is 32.8. The highest BCUT2D eigenvalue weighted by Gasteiger charge is 2.53. The van der Waals surface area contributed by atoms with Gasteiger partial charge in [0.1, 0.15) is 30.5 Å². The zero-order chi connectivity index (χ0) is 75.1. The molecule has 2 aliphatic rings. The highest BCUT2D eigenvalue weighted by molar-refractivity contribution is 5.92. The molecule has 0 aliphatic carbocycles. The largest absolute Gasteiger partial charge is 0.459 e. The number of nitrogens with zero attached hydrogens (tertiary/aromatic N) is 4. The molecule has 105 heavy (non-hydrogen) atoms. The van der Waals surface area contributed by atoms with Crippen LogP contribution in [0.3, 0.4) is 0 Å². The maximum Gasteiger partial charge on any atom is 0.407 e. The van der Waals surface area contributed by atoms with Crippen molar-refractivity contribution < 1.29 is 76.3 Å². The third-order valence-corrected chi connectivity index (χ3v) is 18.3. The van der Waals surface area contributed by atoms with Crippen molar-refractivity contribution in [1.29, 1.82) is 0 Å². The molecule has 0 spiro atoms. The summed E-state index contributed by atoms with van der Waals surface area (Å²) in [6.45, 7) is 17.7. The third-order valence-electron chi connectivity index (χ3n) is 18.3. The van der Waals surface area contributed by atoms with E-state index in [1.165, 1.54) is 0 Å². The number of nitrogens with one attached hydrogen (secondary N) is 1. The molecule has 0 aromatic heterocycles. The lowest BCUT2D eigenvalue weighted by atomic mass is 9.91. The Hall–Kier alpha value is -8.50. The summed E-state index contributed by atoms with van der Waals surface area (Å²) >= 11 is 0. The number of rotatable bonds is 36. The molecule has 5 atom stereocenters. The minimum atomic E-state index is -1.42. The Kier molecular flexibility index (Phi) is 36.5. The molecular weight excluding hydrogens is 1330 g/mol. The zero-order valence-corrected chi connectivity index (χ0v) is 63.0. The van der Waals surface area contributed by atoms with Gasteiger partial charge in [-0.15, -0.1) is 0 Å². The van der Waals surface area contributed by atoms with Crippen LogP contribution in [0.5, 0.6) is 0 Å². The summed E-state index contributed by atoms with van der Waals surface area (Å²) in [5.74, 6) is -3.38. The van der Waals surface area contributed by atoms with Crippen LogP contribution in [0, 0.1) is 0 Å². The smallest absolute Gasteiger partial charge is 0.407 e. The van der Waals surface area contributed by atoms with Crippen molar-refractivity contribution >= 4 is 47.8 Å². The maximum absolute atomic E-state index is 14.4. The summed E-state index contributed by atoms with van der Waals surface area (Å²) in [5, 5.41) is 2.86. The summed E-state index contributed by atoms with van der Waals surface area (Å²) in [6, 6.07) is 43.1. The Morgan fingerprint density at radius 1 is 0.410 bits per heavy atom. The van der Waals surface area contributed by atoms with Gasteiger partial charge >= 0.3 is 41.9 Å². The molecule has 5 aromatic carbocycles. The van der Waals surface area contributed by atoms with Gasteiger partial charge in [0.05, 0.1) is 41.4 Å². The standard InChI is InChI=1S/C84H115N5O16/c1-83(2,3)104-73(91)61-87-54-37-55-88(62-74(92)105-84(4,5)6)59-60-89(56-38-53-86(57-58-87)52-36-17-13-8-7-12-16-35-51-85-82(97)99-63-65-39-23-18-24-40-65)72(90)50-34-15-11-9-10-14-33-49-70-75(101-79(94)67-43-27-20-28-44-67)77(103-81(96)69-47-31-22-32-48-69)76(102-80(95)68-45-29-21-30-46-68)71(100-70)64-98-78(93)66-41-25-19-26-42-66/h18-32,39-48,70-71,75-77H,7-17,33-38,49-64H2,1-6H3,(H,85,97)/t70-,71+,75-,76+,77+/m1/s1. The van der Waals surface area contributed by atoms with Crippen LogP contribution < -0.4 is 5.32 Å². The molecular formula is C84H115N5O16.